The minimum atomic E-state index is -0.0487. The van der Waals surface area contributed by atoms with Crippen molar-refractivity contribution in [2.24, 2.45) is 0 Å². The van der Waals surface area contributed by atoms with Gasteiger partial charge in [-0.25, -0.2) is 0 Å². The fourth-order valence-electron chi connectivity index (χ4n) is 3.23. The molecule has 112 valence electrons. The van der Waals surface area contributed by atoms with E-state index in [1.54, 1.807) is 0 Å². The summed E-state index contributed by atoms with van der Waals surface area (Å²) in [5.74, 6) is 0.282. The van der Waals surface area contributed by atoms with Crippen molar-refractivity contribution in [2.45, 2.75) is 12.5 Å². The molecule has 0 spiro atoms. The predicted octanol–water partition coefficient (Wildman–Crippen LogP) is 4.52. The summed E-state index contributed by atoms with van der Waals surface area (Å²) in [6, 6.07) is 11.6. The summed E-state index contributed by atoms with van der Waals surface area (Å²) >= 11 is 9.53. The molecule has 0 aliphatic carbocycles. The summed E-state index contributed by atoms with van der Waals surface area (Å²) in [5.41, 5.74) is 4.34. The number of nitrogens with one attached hydrogen (secondary N) is 2. The van der Waals surface area contributed by atoms with Crippen LogP contribution in [-0.4, -0.2) is 16.6 Å². The van der Waals surface area contributed by atoms with Crippen LogP contribution in [0.2, 0.25) is 5.02 Å². The zero-order chi connectivity index (χ0) is 15.3. The molecule has 1 unspecified atom stereocenters. The normalized spacial score (nSPS) is 17.6. The molecule has 4 rings (SSSR count). The minimum absolute atomic E-state index is 0.0487. The van der Waals surface area contributed by atoms with E-state index < -0.39 is 0 Å². The van der Waals surface area contributed by atoms with Gasteiger partial charge in [0.1, 0.15) is 5.75 Å². The minimum Gasteiger partial charge on any atom is -0.506 e. The van der Waals surface area contributed by atoms with Gasteiger partial charge < -0.3 is 15.4 Å². The molecular formula is C17H14BrClN2O. The molecule has 0 radical (unpaired) electrons. The number of aromatic hydroxyl groups is 1. The molecule has 2 aromatic carbocycles. The van der Waals surface area contributed by atoms with Crippen LogP contribution in [0.4, 0.5) is 0 Å². The lowest BCUT2D eigenvalue weighted by Crippen LogP contribution is -2.30. The number of rotatable bonds is 1. The quantitative estimate of drug-likeness (QED) is 0.584. The lowest BCUT2D eigenvalue weighted by atomic mass is 9.94. The van der Waals surface area contributed by atoms with E-state index in [0.717, 1.165) is 34.8 Å². The fourth-order valence-corrected chi connectivity index (χ4v) is 3.78. The largest absolute Gasteiger partial charge is 0.506 e. The van der Waals surface area contributed by atoms with Gasteiger partial charge in [-0.3, -0.25) is 0 Å². The number of hydrogen-bond acceptors (Lipinski definition) is 2. The molecule has 1 atom stereocenters. The van der Waals surface area contributed by atoms with Crippen LogP contribution >= 0.6 is 27.5 Å². The number of phenolic OH excluding ortho intramolecular Hbond substituents is 1. The number of aromatic nitrogens is 1. The Labute approximate surface area is 141 Å². The van der Waals surface area contributed by atoms with Crippen LogP contribution in [0.15, 0.2) is 40.9 Å². The first kappa shape index (κ1) is 14.1. The molecule has 0 amide bonds. The Bertz CT molecular complexity index is 874. The van der Waals surface area contributed by atoms with Gasteiger partial charge in [0.2, 0.25) is 0 Å². The average Bonchev–Trinajstić information content (AvgIpc) is 2.88. The Morgan fingerprint density at radius 2 is 2.09 bits per heavy atom. The molecule has 0 bridgehead atoms. The maximum atomic E-state index is 10.4. The maximum absolute atomic E-state index is 10.4. The van der Waals surface area contributed by atoms with Gasteiger partial charge in [0, 0.05) is 33.7 Å². The molecule has 22 heavy (non-hydrogen) atoms. The summed E-state index contributed by atoms with van der Waals surface area (Å²) in [4.78, 5) is 3.49. The van der Waals surface area contributed by atoms with Gasteiger partial charge in [-0.15, -0.1) is 0 Å². The molecule has 3 aromatic rings. The van der Waals surface area contributed by atoms with E-state index in [1.165, 1.54) is 10.9 Å². The van der Waals surface area contributed by atoms with Crippen molar-refractivity contribution in [2.75, 3.05) is 6.54 Å². The lowest BCUT2D eigenvalue weighted by molar-refractivity contribution is 0.449. The van der Waals surface area contributed by atoms with Crippen molar-refractivity contribution in [1.29, 1.82) is 0 Å². The molecule has 2 heterocycles. The third kappa shape index (κ3) is 2.14. The Balaban J connectivity index is 1.92. The third-order valence-electron chi connectivity index (χ3n) is 4.24. The number of phenols is 1. The topological polar surface area (TPSA) is 48.0 Å². The van der Waals surface area contributed by atoms with Crippen molar-refractivity contribution < 1.29 is 5.11 Å². The molecule has 0 saturated heterocycles. The van der Waals surface area contributed by atoms with Gasteiger partial charge in [-0.05, 0) is 52.2 Å². The number of benzene rings is 2. The number of para-hydroxylation sites is 1. The van der Waals surface area contributed by atoms with Gasteiger partial charge in [-0.1, -0.05) is 23.7 Å². The molecule has 0 fully saturated rings. The first-order chi connectivity index (χ1) is 10.6. The van der Waals surface area contributed by atoms with Crippen LogP contribution in [0, 0.1) is 0 Å². The Morgan fingerprint density at radius 3 is 2.95 bits per heavy atom. The van der Waals surface area contributed by atoms with E-state index in [9.17, 15) is 5.11 Å². The van der Waals surface area contributed by atoms with E-state index >= 15 is 0 Å². The number of hydrogen-bond donors (Lipinski definition) is 3. The Kier molecular flexibility index (Phi) is 3.40. The van der Waals surface area contributed by atoms with E-state index in [-0.39, 0.29) is 11.8 Å². The van der Waals surface area contributed by atoms with E-state index in [1.807, 2.05) is 36.4 Å². The second-order valence-corrected chi connectivity index (χ2v) is 6.81. The molecular weight excluding hydrogens is 364 g/mol. The highest BCUT2D eigenvalue weighted by Gasteiger charge is 2.27. The van der Waals surface area contributed by atoms with Crippen LogP contribution in [0.1, 0.15) is 22.9 Å². The molecule has 1 aliphatic heterocycles. The van der Waals surface area contributed by atoms with Gasteiger partial charge in [0.05, 0.1) is 10.5 Å². The van der Waals surface area contributed by atoms with E-state index in [4.69, 9.17) is 11.6 Å². The number of halogens is 2. The first-order valence-electron chi connectivity index (χ1n) is 7.16. The summed E-state index contributed by atoms with van der Waals surface area (Å²) in [5, 5.41) is 15.8. The van der Waals surface area contributed by atoms with E-state index in [2.05, 4.69) is 26.2 Å². The Hall–Kier alpha value is -1.49. The highest BCUT2D eigenvalue weighted by Crippen LogP contribution is 2.39. The summed E-state index contributed by atoms with van der Waals surface area (Å²) in [6.45, 7) is 0.864. The smallest absolute Gasteiger partial charge is 0.134 e. The predicted molar refractivity (Wildman–Crippen MR) is 92.7 cm³/mol. The van der Waals surface area contributed by atoms with Crippen LogP contribution in [0.5, 0.6) is 5.75 Å². The van der Waals surface area contributed by atoms with Crippen molar-refractivity contribution >= 4 is 38.4 Å². The van der Waals surface area contributed by atoms with Crippen LogP contribution in [-0.2, 0) is 6.42 Å². The van der Waals surface area contributed by atoms with Gasteiger partial charge in [0.25, 0.3) is 0 Å². The molecule has 5 heteroatoms. The average molecular weight is 378 g/mol. The summed E-state index contributed by atoms with van der Waals surface area (Å²) < 4.78 is 0.707. The molecule has 3 nitrogen and oxygen atoms in total. The zero-order valence-corrected chi connectivity index (χ0v) is 14.0. The third-order valence-corrected chi connectivity index (χ3v) is 5.12. The van der Waals surface area contributed by atoms with Crippen molar-refractivity contribution in [3.8, 4) is 5.75 Å². The SMILES string of the molecule is Oc1c(Br)cccc1C1NCCc2c1[nH]c1ccc(Cl)cc21. The molecule has 0 saturated carbocycles. The van der Waals surface area contributed by atoms with Crippen LogP contribution in [0.3, 0.4) is 0 Å². The number of fused-ring (bicyclic) bond motifs is 3. The zero-order valence-electron chi connectivity index (χ0n) is 11.7. The van der Waals surface area contributed by atoms with Gasteiger partial charge in [0.15, 0.2) is 0 Å². The highest BCUT2D eigenvalue weighted by molar-refractivity contribution is 9.10. The van der Waals surface area contributed by atoms with Crippen molar-refractivity contribution in [1.82, 2.24) is 10.3 Å². The van der Waals surface area contributed by atoms with Crippen LogP contribution < -0.4 is 5.32 Å². The maximum Gasteiger partial charge on any atom is 0.134 e. The highest BCUT2D eigenvalue weighted by atomic mass is 79.9. The molecule has 1 aliphatic rings. The molecule has 1 aromatic heterocycles. The standard InChI is InChI=1S/C17H14BrClN2O/c18-13-3-1-2-11(17(13)22)15-16-10(6-7-20-15)12-8-9(19)4-5-14(12)21-16/h1-5,8,15,20-22H,6-7H2. The van der Waals surface area contributed by atoms with Crippen LogP contribution in [0.25, 0.3) is 10.9 Å². The number of H-pyrrole nitrogens is 1. The summed E-state index contributed by atoms with van der Waals surface area (Å²) in [6.07, 6.45) is 0.945. The number of aromatic amines is 1. The van der Waals surface area contributed by atoms with Gasteiger partial charge >= 0.3 is 0 Å². The second kappa shape index (κ2) is 5.30. The lowest BCUT2D eigenvalue weighted by Gasteiger charge is -2.25. The second-order valence-electron chi connectivity index (χ2n) is 5.52. The van der Waals surface area contributed by atoms with E-state index in [0.29, 0.717) is 4.47 Å². The summed E-state index contributed by atoms with van der Waals surface area (Å²) in [7, 11) is 0. The monoisotopic (exact) mass is 376 g/mol. The Morgan fingerprint density at radius 1 is 1.23 bits per heavy atom. The van der Waals surface area contributed by atoms with Gasteiger partial charge in [-0.2, -0.15) is 0 Å². The first-order valence-corrected chi connectivity index (χ1v) is 8.33. The molecule has 3 N–H and O–H groups in total. The van der Waals surface area contributed by atoms with Crippen molar-refractivity contribution in [3.63, 3.8) is 0 Å². The fraction of sp³-hybridized carbons (Fsp3) is 0.176. The van der Waals surface area contributed by atoms with Crippen molar-refractivity contribution in [3.05, 3.63) is 62.7 Å².